The molecule has 5 aromatic rings. The van der Waals surface area contributed by atoms with E-state index < -0.39 is 0 Å². The van der Waals surface area contributed by atoms with Crippen LogP contribution in [0.25, 0.3) is 22.2 Å². The molecule has 0 saturated heterocycles. The van der Waals surface area contributed by atoms with Gasteiger partial charge in [0.05, 0.1) is 30.7 Å². The van der Waals surface area contributed by atoms with E-state index in [9.17, 15) is 4.79 Å². The fraction of sp³-hybridized carbons (Fsp3) is 0.306. The van der Waals surface area contributed by atoms with Crippen LogP contribution in [0.5, 0.6) is 11.5 Å². The van der Waals surface area contributed by atoms with Crippen LogP contribution in [-0.2, 0) is 13.1 Å². The zero-order valence-corrected chi connectivity index (χ0v) is 24.9. The maximum absolute atomic E-state index is 13.6. The van der Waals surface area contributed by atoms with Crippen LogP contribution < -0.4 is 15.2 Å². The van der Waals surface area contributed by atoms with Crippen LogP contribution in [0, 0.1) is 12.3 Å². The maximum atomic E-state index is 13.6. The third kappa shape index (κ3) is 7.52. The van der Waals surface area contributed by atoms with Crippen molar-refractivity contribution in [3.63, 3.8) is 0 Å². The van der Waals surface area contributed by atoms with Crippen molar-refractivity contribution in [1.29, 1.82) is 0 Å². The Morgan fingerprint density at radius 2 is 1.77 bits per heavy atom. The van der Waals surface area contributed by atoms with E-state index in [0.717, 1.165) is 60.0 Å². The number of benzene rings is 3. The highest BCUT2D eigenvalue weighted by Crippen LogP contribution is 2.31. The average Bonchev–Trinajstić information content (AvgIpc) is 3.55. The molecule has 0 aliphatic rings. The van der Waals surface area contributed by atoms with Crippen molar-refractivity contribution in [2.75, 3.05) is 13.2 Å². The Hall–Kier alpha value is -4.83. The minimum absolute atomic E-state index is 0.159. The minimum Gasteiger partial charge on any atom is -0.493 e. The van der Waals surface area contributed by atoms with E-state index in [1.54, 1.807) is 4.57 Å². The van der Waals surface area contributed by atoms with Gasteiger partial charge in [0.15, 0.2) is 0 Å². The number of unbranched alkanes of at least 4 members (excludes halogenated alkanes) is 3. The van der Waals surface area contributed by atoms with Gasteiger partial charge in [-0.05, 0) is 48.6 Å². The summed E-state index contributed by atoms with van der Waals surface area (Å²) in [5.41, 5.74) is 4.10. The number of hydrogen-bond acceptors (Lipinski definition) is 5. The van der Waals surface area contributed by atoms with E-state index in [2.05, 4.69) is 46.4 Å². The summed E-state index contributed by atoms with van der Waals surface area (Å²) in [7, 11) is 0. The summed E-state index contributed by atoms with van der Waals surface area (Å²) in [6, 6.07) is 21.8. The predicted octanol–water partition coefficient (Wildman–Crippen LogP) is 7.08. The SMILES string of the molecule is C#CCOc1ccc2c(c1)c(-c1ccc(C(C)C)cc1)nc(=O)n2Cc1ccccc1OCCCCCCn1ccnc1. The third-order valence-corrected chi connectivity index (χ3v) is 7.55. The number of aryl methyl sites for hydroxylation is 1. The molecule has 0 N–H and O–H groups in total. The van der Waals surface area contributed by atoms with Gasteiger partial charge in [0.1, 0.15) is 18.1 Å². The van der Waals surface area contributed by atoms with Crippen molar-refractivity contribution < 1.29 is 9.47 Å². The number of imidazole rings is 1. The first kappa shape index (κ1) is 29.7. The number of terminal acetylenes is 1. The van der Waals surface area contributed by atoms with E-state index in [1.807, 2.05) is 73.3 Å². The second kappa shape index (κ2) is 14.4. The number of fused-ring (bicyclic) bond motifs is 1. The Morgan fingerprint density at radius 3 is 2.53 bits per heavy atom. The first-order valence-electron chi connectivity index (χ1n) is 14.9. The number of hydrogen-bond donors (Lipinski definition) is 0. The molecule has 3 aromatic carbocycles. The fourth-order valence-corrected chi connectivity index (χ4v) is 5.17. The molecule has 2 heterocycles. The predicted molar refractivity (Wildman–Crippen MR) is 172 cm³/mol. The Balaban J connectivity index is 1.36. The van der Waals surface area contributed by atoms with Crippen LogP contribution in [0.1, 0.15) is 56.6 Å². The normalized spacial score (nSPS) is 11.1. The molecule has 0 aliphatic carbocycles. The van der Waals surface area contributed by atoms with Gasteiger partial charge in [-0.25, -0.2) is 9.78 Å². The standard InChI is InChI=1S/C36H38N4O3/c1-4-22-42-31-17-18-33-32(24-31)35(29-15-13-28(14-16-29)27(2)3)38-36(41)40(33)25-30-11-7-8-12-34(30)43-23-10-6-5-9-20-39-21-19-37-26-39/h1,7-8,11-19,21,24,26-27H,5-6,9-10,20,22-23,25H2,2-3H3. The molecule has 0 fully saturated rings. The van der Waals surface area contributed by atoms with Crippen molar-refractivity contribution >= 4 is 10.9 Å². The highest BCUT2D eigenvalue weighted by atomic mass is 16.5. The number of aromatic nitrogens is 4. The molecule has 0 saturated carbocycles. The van der Waals surface area contributed by atoms with Crippen LogP contribution in [0.4, 0.5) is 0 Å². The van der Waals surface area contributed by atoms with Crippen LogP contribution in [-0.4, -0.2) is 32.3 Å². The summed E-state index contributed by atoms with van der Waals surface area (Å²) in [4.78, 5) is 22.2. The molecule has 7 nitrogen and oxygen atoms in total. The lowest BCUT2D eigenvalue weighted by Crippen LogP contribution is -2.25. The van der Waals surface area contributed by atoms with Gasteiger partial charge in [-0.1, -0.05) is 75.1 Å². The van der Waals surface area contributed by atoms with Gasteiger partial charge in [-0.3, -0.25) is 4.57 Å². The van der Waals surface area contributed by atoms with Gasteiger partial charge in [-0.2, -0.15) is 4.98 Å². The molecule has 2 aromatic heterocycles. The maximum Gasteiger partial charge on any atom is 0.348 e. The summed E-state index contributed by atoms with van der Waals surface area (Å²) < 4.78 is 15.7. The van der Waals surface area contributed by atoms with Crippen molar-refractivity contribution in [1.82, 2.24) is 19.1 Å². The molecule has 0 bridgehead atoms. The number of para-hydroxylation sites is 1. The monoisotopic (exact) mass is 574 g/mol. The van der Waals surface area contributed by atoms with Crippen LogP contribution in [0.3, 0.4) is 0 Å². The summed E-state index contributed by atoms with van der Waals surface area (Å²) >= 11 is 0. The lowest BCUT2D eigenvalue weighted by molar-refractivity contribution is 0.300. The molecule has 0 unspecified atom stereocenters. The molecule has 5 rings (SSSR count). The summed E-state index contributed by atoms with van der Waals surface area (Å²) in [6.07, 6.45) is 15.4. The van der Waals surface area contributed by atoms with E-state index >= 15 is 0 Å². The molecule has 43 heavy (non-hydrogen) atoms. The van der Waals surface area contributed by atoms with Gasteiger partial charge in [0, 0.05) is 35.5 Å². The van der Waals surface area contributed by atoms with Gasteiger partial charge in [0.25, 0.3) is 0 Å². The van der Waals surface area contributed by atoms with Gasteiger partial charge in [-0.15, -0.1) is 6.42 Å². The van der Waals surface area contributed by atoms with E-state index in [-0.39, 0.29) is 12.3 Å². The average molecular weight is 575 g/mol. The Bertz CT molecular complexity index is 1730. The highest BCUT2D eigenvalue weighted by molar-refractivity contribution is 5.93. The molecule has 0 radical (unpaired) electrons. The van der Waals surface area contributed by atoms with Gasteiger partial charge < -0.3 is 14.0 Å². The summed E-state index contributed by atoms with van der Waals surface area (Å²) in [5, 5.41) is 0.820. The van der Waals surface area contributed by atoms with E-state index in [1.165, 1.54) is 5.56 Å². The molecule has 0 aliphatic heterocycles. The Morgan fingerprint density at radius 1 is 0.953 bits per heavy atom. The van der Waals surface area contributed by atoms with E-state index in [0.29, 0.717) is 30.5 Å². The molecular weight excluding hydrogens is 536 g/mol. The lowest BCUT2D eigenvalue weighted by Gasteiger charge is -2.17. The van der Waals surface area contributed by atoms with Crippen molar-refractivity contribution in [3.05, 3.63) is 107 Å². The molecule has 0 spiro atoms. The van der Waals surface area contributed by atoms with E-state index in [4.69, 9.17) is 15.9 Å². The van der Waals surface area contributed by atoms with Crippen LogP contribution in [0.15, 0.2) is 90.2 Å². The smallest absolute Gasteiger partial charge is 0.348 e. The topological polar surface area (TPSA) is 71.2 Å². The first-order valence-corrected chi connectivity index (χ1v) is 14.9. The van der Waals surface area contributed by atoms with Crippen LogP contribution >= 0.6 is 0 Å². The van der Waals surface area contributed by atoms with Crippen molar-refractivity contribution in [2.24, 2.45) is 0 Å². The fourth-order valence-electron chi connectivity index (χ4n) is 5.17. The zero-order chi connectivity index (χ0) is 30.0. The Labute approximate surface area is 253 Å². The summed E-state index contributed by atoms with van der Waals surface area (Å²) in [5.74, 6) is 4.33. The molecule has 220 valence electrons. The zero-order valence-electron chi connectivity index (χ0n) is 24.9. The number of nitrogens with zero attached hydrogens (tertiary/aromatic N) is 4. The van der Waals surface area contributed by atoms with Gasteiger partial charge in [0.2, 0.25) is 0 Å². The first-order chi connectivity index (χ1) is 21.0. The van der Waals surface area contributed by atoms with Crippen LogP contribution in [0.2, 0.25) is 0 Å². The lowest BCUT2D eigenvalue weighted by atomic mass is 9.99. The van der Waals surface area contributed by atoms with Gasteiger partial charge >= 0.3 is 5.69 Å². The highest BCUT2D eigenvalue weighted by Gasteiger charge is 2.16. The number of rotatable bonds is 14. The largest absolute Gasteiger partial charge is 0.493 e. The second-order valence-electron chi connectivity index (χ2n) is 10.9. The molecule has 0 atom stereocenters. The third-order valence-electron chi connectivity index (χ3n) is 7.55. The van der Waals surface area contributed by atoms with Crippen molar-refractivity contribution in [2.45, 2.75) is 58.5 Å². The Kier molecular flexibility index (Phi) is 9.91. The number of ether oxygens (including phenoxy) is 2. The molecule has 0 amide bonds. The molecular formula is C36H38N4O3. The minimum atomic E-state index is -0.319. The van der Waals surface area contributed by atoms with Crippen molar-refractivity contribution in [3.8, 4) is 35.1 Å². The second-order valence-corrected chi connectivity index (χ2v) is 10.9. The quantitative estimate of drug-likeness (QED) is 0.105. The summed E-state index contributed by atoms with van der Waals surface area (Å²) in [6.45, 7) is 6.42. The molecule has 7 heteroatoms.